The Kier molecular flexibility index (Phi) is 5.36. The third kappa shape index (κ3) is 3.90. The molecule has 0 aliphatic carbocycles. The second-order valence-electron chi connectivity index (χ2n) is 7.22. The summed E-state index contributed by atoms with van der Waals surface area (Å²) in [6.07, 6.45) is 0. The van der Waals surface area contributed by atoms with Gasteiger partial charge in [-0.25, -0.2) is 4.98 Å². The summed E-state index contributed by atoms with van der Waals surface area (Å²) in [4.78, 5) is 19.9. The van der Waals surface area contributed by atoms with Crippen LogP contribution in [0.5, 0.6) is 0 Å². The summed E-state index contributed by atoms with van der Waals surface area (Å²) in [6, 6.07) is 9.88. The van der Waals surface area contributed by atoms with E-state index in [9.17, 15) is 4.79 Å². The highest BCUT2D eigenvalue weighted by atomic mass is 16.5. The van der Waals surface area contributed by atoms with Gasteiger partial charge in [0.2, 0.25) is 0 Å². The first-order chi connectivity index (χ1) is 13.6. The molecule has 7 nitrogen and oxygen atoms in total. The Morgan fingerprint density at radius 3 is 2.71 bits per heavy atom. The number of benzene rings is 1. The van der Waals surface area contributed by atoms with Gasteiger partial charge >= 0.3 is 0 Å². The summed E-state index contributed by atoms with van der Waals surface area (Å²) in [5, 5.41) is 11.1. The van der Waals surface area contributed by atoms with Gasteiger partial charge in [-0.05, 0) is 19.9 Å². The Labute approximate surface area is 164 Å². The van der Waals surface area contributed by atoms with Crippen LogP contribution < -0.4 is 10.6 Å². The topological polar surface area (TPSA) is 83.3 Å². The fraction of sp³-hybridized carbons (Fsp3) is 0.381. The fourth-order valence-electron chi connectivity index (χ4n) is 3.50. The van der Waals surface area contributed by atoms with E-state index in [1.165, 1.54) is 5.56 Å². The molecule has 0 spiro atoms. The lowest BCUT2D eigenvalue weighted by atomic mass is 10.0. The van der Waals surface area contributed by atoms with Crippen molar-refractivity contribution in [3.63, 3.8) is 0 Å². The Hall–Kier alpha value is -2.77. The number of amides is 1. The summed E-state index contributed by atoms with van der Waals surface area (Å²) in [7, 11) is 0. The van der Waals surface area contributed by atoms with E-state index in [2.05, 4.69) is 25.7 Å². The molecule has 1 aliphatic rings. The minimum absolute atomic E-state index is 0.123. The summed E-state index contributed by atoms with van der Waals surface area (Å²) < 4.78 is 5.37. The fourth-order valence-corrected chi connectivity index (χ4v) is 3.50. The molecule has 0 saturated carbocycles. The first-order valence-corrected chi connectivity index (χ1v) is 9.67. The second-order valence-corrected chi connectivity index (χ2v) is 7.22. The van der Waals surface area contributed by atoms with Gasteiger partial charge in [-0.1, -0.05) is 35.0 Å². The molecule has 1 saturated heterocycles. The summed E-state index contributed by atoms with van der Waals surface area (Å²) >= 11 is 0. The highest BCUT2D eigenvalue weighted by molar-refractivity contribution is 6.07. The minimum Gasteiger partial charge on any atom is -0.351 e. The van der Waals surface area contributed by atoms with E-state index >= 15 is 0 Å². The second kappa shape index (κ2) is 8.08. The molecule has 1 amide bonds. The number of piperazine rings is 1. The van der Waals surface area contributed by atoms with Crippen LogP contribution >= 0.6 is 0 Å². The van der Waals surface area contributed by atoms with Gasteiger partial charge < -0.3 is 15.2 Å². The van der Waals surface area contributed by atoms with Crippen LogP contribution in [0.1, 0.15) is 21.6 Å². The number of aromatic nitrogens is 2. The Morgan fingerprint density at radius 1 is 1.21 bits per heavy atom. The molecule has 28 heavy (non-hydrogen) atoms. The molecule has 3 heterocycles. The van der Waals surface area contributed by atoms with Crippen molar-refractivity contribution in [2.24, 2.45) is 0 Å². The van der Waals surface area contributed by atoms with Crippen molar-refractivity contribution < 1.29 is 9.32 Å². The number of nitrogens with zero attached hydrogens (tertiary/aromatic N) is 3. The third-order valence-corrected chi connectivity index (χ3v) is 5.13. The van der Waals surface area contributed by atoms with E-state index in [1.807, 2.05) is 44.2 Å². The molecule has 0 radical (unpaired) electrons. The number of carbonyl (C=O) groups excluding carboxylic acids is 1. The molecule has 4 rings (SSSR count). The first-order valence-electron chi connectivity index (χ1n) is 9.67. The molecule has 7 heteroatoms. The maximum Gasteiger partial charge on any atom is 0.259 e. The van der Waals surface area contributed by atoms with E-state index in [1.54, 1.807) is 0 Å². The number of rotatable bonds is 5. The lowest BCUT2D eigenvalue weighted by Crippen LogP contribution is -2.46. The lowest BCUT2D eigenvalue weighted by molar-refractivity contribution is 0.0949. The van der Waals surface area contributed by atoms with E-state index in [4.69, 9.17) is 4.52 Å². The molecule has 1 aliphatic heterocycles. The predicted molar refractivity (Wildman–Crippen MR) is 108 cm³/mol. The largest absolute Gasteiger partial charge is 0.351 e. The van der Waals surface area contributed by atoms with Crippen molar-refractivity contribution in [3.05, 3.63) is 47.2 Å². The van der Waals surface area contributed by atoms with E-state index < -0.39 is 0 Å². The highest BCUT2D eigenvalue weighted by Crippen LogP contribution is 2.27. The van der Waals surface area contributed by atoms with E-state index in [0.29, 0.717) is 34.6 Å². The average molecular weight is 379 g/mol. The van der Waals surface area contributed by atoms with Gasteiger partial charge in [-0.2, -0.15) is 0 Å². The van der Waals surface area contributed by atoms with E-state index in [0.717, 1.165) is 38.3 Å². The number of nitrogens with one attached hydrogen (secondary N) is 2. The van der Waals surface area contributed by atoms with Crippen molar-refractivity contribution in [2.45, 2.75) is 13.8 Å². The van der Waals surface area contributed by atoms with Crippen LogP contribution in [0.4, 0.5) is 0 Å². The predicted octanol–water partition coefficient (Wildman–Crippen LogP) is 2.14. The van der Waals surface area contributed by atoms with Crippen LogP contribution in [0, 0.1) is 13.8 Å². The van der Waals surface area contributed by atoms with Crippen LogP contribution in [-0.4, -0.2) is 60.2 Å². The van der Waals surface area contributed by atoms with Crippen molar-refractivity contribution in [3.8, 4) is 11.3 Å². The summed E-state index contributed by atoms with van der Waals surface area (Å²) in [5.41, 5.74) is 4.44. The Morgan fingerprint density at radius 2 is 1.96 bits per heavy atom. The van der Waals surface area contributed by atoms with Crippen LogP contribution in [0.2, 0.25) is 0 Å². The maximum absolute atomic E-state index is 12.9. The van der Waals surface area contributed by atoms with Crippen molar-refractivity contribution in [1.29, 1.82) is 0 Å². The monoisotopic (exact) mass is 379 g/mol. The molecule has 3 aromatic rings. The quantitative estimate of drug-likeness (QED) is 0.707. The van der Waals surface area contributed by atoms with Gasteiger partial charge in [-0.3, -0.25) is 9.69 Å². The van der Waals surface area contributed by atoms with Gasteiger partial charge in [0.05, 0.1) is 22.3 Å². The minimum atomic E-state index is -0.123. The molecule has 0 bridgehead atoms. The highest BCUT2D eigenvalue weighted by Gasteiger charge is 2.19. The summed E-state index contributed by atoms with van der Waals surface area (Å²) in [6.45, 7) is 9.34. The Bertz CT molecular complexity index is 974. The Balaban J connectivity index is 1.58. The van der Waals surface area contributed by atoms with Crippen LogP contribution in [0.15, 0.2) is 34.9 Å². The molecular weight excluding hydrogens is 354 g/mol. The number of fused-ring (bicyclic) bond motifs is 1. The van der Waals surface area contributed by atoms with Crippen LogP contribution in [-0.2, 0) is 0 Å². The van der Waals surface area contributed by atoms with Gasteiger partial charge in [0.25, 0.3) is 11.6 Å². The molecule has 1 fully saturated rings. The van der Waals surface area contributed by atoms with E-state index in [-0.39, 0.29) is 5.91 Å². The SMILES string of the molecule is Cc1ccc(-c2cc(C(=O)NCCN3CCNCC3)c3c(C)noc3n2)cc1. The summed E-state index contributed by atoms with van der Waals surface area (Å²) in [5.74, 6) is -0.123. The normalized spacial score (nSPS) is 15.1. The molecular formula is C21H25N5O2. The smallest absolute Gasteiger partial charge is 0.259 e. The van der Waals surface area contributed by atoms with Gasteiger partial charge in [0.1, 0.15) is 0 Å². The zero-order chi connectivity index (χ0) is 19.5. The molecule has 2 N–H and O–H groups in total. The van der Waals surface area contributed by atoms with Crippen molar-refractivity contribution in [2.75, 3.05) is 39.3 Å². The van der Waals surface area contributed by atoms with Gasteiger partial charge in [0, 0.05) is 44.8 Å². The standard InChI is InChI=1S/C21H25N5O2/c1-14-3-5-16(6-4-14)18-13-17(19-15(2)25-28-21(19)24-18)20(27)23-9-12-26-10-7-22-8-11-26/h3-6,13,22H,7-12H2,1-2H3,(H,23,27). The third-order valence-electron chi connectivity index (χ3n) is 5.13. The number of carbonyl (C=O) groups is 1. The van der Waals surface area contributed by atoms with Gasteiger partial charge in [-0.15, -0.1) is 0 Å². The number of aryl methyl sites for hydroxylation is 2. The van der Waals surface area contributed by atoms with Crippen molar-refractivity contribution >= 4 is 17.0 Å². The number of hydrogen-bond acceptors (Lipinski definition) is 6. The molecule has 0 atom stereocenters. The average Bonchev–Trinajstić information content (AvgIpc) is 3.09. The molecule has 2 aromatic heterocycles. The first kappa shape index (κ1) is 18.6. The zero-order valence-corrected chi connectivity index (χ0v) is 16.3. The molecule has 0 unspecified atom stereocenters. The van der Waals surface area contributed by atoms with Gasteiger partial charge in [0.15, 0.2) is 0 Å². The molecule has 1 aromatic carbocycles. The molecule has 146 valence electrons. The number of pyridine rings is 1. The van der Waals surface area contributed by atoms with Crippen LogP contribution in [0.25, 0.3) is 22.4 Å². The van der Waals surface area contributed by atoms with Crippen molar-refractivity contribution in [1.82, 2.24) is 25.7 Å². The lowest BCUT2D eigenvalue weighted by Gasteiger charge is -2.27. The zero-order valence-electron chi connectivity index (χ0n) is 16.3. The van der Waals surface area contributed by atoms with Crippen LogP contribution in [0.3, 0.4) is 0 Å². The number of hydrogen-bond donors (Lipinski definition) is 2. The maximum atomic E-state index is 12.9.